The van der Waals surface area contributed by atoms with Gasteiger partial charge < -0.3 is 20.1 Å². The van der Waals surface area contributed by atoms with E-state index >= 15 is 0 Å². The molecule has 0 spiro atoms. The molecule has 2 fully saturated rings. The maximum Gasteiger partial charge on any atom is 0.387 e. The molecule has 4 heterocycles. The quantitative estimate of drug-likeness (QED) is 0.747. The van der Waals surface area contributed by atoms with Crippen LogP contribution >= 0.6 is 0 Å². The van der Waals surface area contributed by atoms with Gasteiger partial charge in [-0.2, -0.15) is 8.78 Å². The van der Waals surface area contributed by atoms with Crippen LogP contribution in [0.15, 0.2) is 18.3 Å². The molecule has 0 radical (unpaired) electrons. The Balaban J connectivity index is 1.72. The van der Waals surface area contributed by atoms with E-state index in [9.17, 15) is 17.6 Å². The van der Waals surface area contributed by atoms with Crippen LogP contribution in [-0.4, -0.2) is 53.3 Å². The average molecular weight is 399 g/mol. The molecule has 4 rings (SSSR count). The summed E-state index contributed by atoms with van der Waals surface area (Å²) in [5, 5.41) is 0. The van der Waals surface area contributed by atoms with Gasteiger partial charge in [-0.05, 0) is 12.5 Å². The first kappa shape index (κ1) is 18.7. The lowest BCUT2D eigenvalue weighted by atomic mass is 10.1. The van der Waals surface area contributed by atoms with Gasteiger partial charge in [0, 0.05) is 24.4 Å². The Kier molecular flexibility index (Phi) is 4.92. The number of pyridine rings is 1. The zero-order valence-electron chi connectivity index (χ0n) is 14.6. The van der Waals surface area contributed by atoms with E-state index in [1.165, 1.54) is 12.3 Å². The maximum atomic E-state index is 12.9. The number of nitrogens with zero attached hydrogens (tertiary/aromatic N) is 4. The number of hydrogen-bond acceptors (Lipinski definition) is 7. The van der Waals surface area contributed by atoms with Crippen LogP contribution in [0.2, 0.25) is 0 Å². The zero-order chi connectivity index (χ0) is 19.8. The highest BCUT2D eigenvalue weighted by atomic mass is 19.3. The van der Waals surface area contributed by atoms with Gasteiger partial charge in [0.25, 0.3) is 0 Å². The number of nitrogen functional groups attached to an aromatic ring is 1. The lowest BCUT2D eigenvalue weighted by Crippen LogP contribution is -2.37. The van der Waals surface area contributed by atoms with E-state index in [4.69, 9.17) is 10.5 Å². The van der Waals surface area contributed by atoms with E-state index in [2.05, 4.69) is 19.7 Å². The van der Waals surface area contributed by atoms with E-state index in [0.29, 0.717) is 24.5 Å². The fourth-order valence-electron chi connectivity index (χ4n) is 3.47. The Labute approximate surface area is 157 Å². The molecule has 150 valence electrons. The largest absolute Gasteiger partial charge is 0.431 e. The van der Waals surface area contributed by atoms with Crippen LogP contribution in [0, 0.1) is 0 Å². The number of halogens is 4. The first-order valence-electron chi connectivity index (χ1n) is 8.64. The van der Waals surface area contributed by atoms with Gasteiger partial charge in [0.2, 0.25) is 6.43 Å². The summed E-state index contributed by atoms with van der Waals surface area (Å²) in [6.45, 7) is -1.92. The van der Waals surface area contributed by atoms with Crippen molar-refractivity contribution in [1.82, 2.24) is 15.0 Å². The molecule has 0 saturated carbocycles. The van der Waals surface area contributed by atoms with E-state index < -0.39 is 19.5 Å². The zero-order valence-corrected chi connectivity index (χ0v) is 14.6. The van der Waals surface area contributed by atoms with Gasteiger partial charge in [-0.1, -0.05) is 0 Å². The third-order valence-corrected chi connectivity index (χ3v) is 4.68. The summed E-state index contributed by atoms with van der Waals surface area (Å²) in [5.74, 6) is -0.0687. The Morgan fingerprint density at radius 1 is 1.25 bits per heavy atom. The van der Waals surface area contributed by atoms with Crippen LogP contribution in [0.25, 0.3) is 11.3 Å². The Morgan fingerprint density at radius 3 is 2.71 bits per heavy atom. The summed E-state index contributed by atoms with van der Waals surface area (Å²) in [5.41, 5.74) is 6.14. The van der Waals surface area contributed by atoms with E-state index in [1.54, 1.807) is 6.07 Å². The summed E-state index contributed by atoms with van der Waals surface area (Å²) in [6.07, 6.45) is -0.984. The number of anilines is 2. The van der Waals surface area contributed by atoms with Crippen molar-refractivity contribution in [3.63, 3.8) is 0 Å². The van der Waals surface area contributed by atoms with Crippen LogP contribution in [0.5, 0.6) is 5.75 Å². The Morgan fingerprint density at radius 2 is 2.07 bits per heavy atom. The third-order valence-electron chi connectivity index (χ3n) is 4.68. The van der Waals surface area contributed by atoms with Crippen molar-refractivity contribution in [1.29, 1.82) is 0 Å². The number of ether oxygens (including phenoxy) is 2. The van der Waals surface area contributed by atoms with Crippen molar-refractivity contribution in [2.24, 2.45) is 0 Å². The summed E-state index contributed by atoms with van der Waals surface area (Å²) in [4.78, 5) is 14.3. The number of alkyl halides is 4. The highest BCUT2D eigenvalue weighted by Crippen LogP contribution is 2.34. The molecule has 0 aliphatic carbocycles. The fourth-order valence-corrected chi connectivity index (χ4v) is 3.47. The molecule has 2 atom stereocenters. The Hall–Kier alpha value is -2.69. The van der Waals surface area contributed by atoms with Gasteiger partial charge in [0.05, 0.1) is 30.9 Å². The van der Waals surface area contributed by atoms with Crippen LogP contribution in [0.3, 0.4) is 0 Å². The number of hydrogen-bond donors (Lipinski definition) is 1. The molecule has 11 heteroatoms. The van der Waals surface area contributed by atoms with Crippen LogP contribution in [0.4, 0.5) is 29.2 Å². The summed E-state index contributed by atoms with van der Waals surface area (Å²) < 4.78 is 60.9. The lowest BCUT2D eigenvalue weighted by molar-refractivity contribution is -0.0494. The molecule has 28 heavy (non-hydrogen) atoms. The second-order valence-corrected chi connectivity index (χ2v) is 6.61. The second kappa shape index (κ2) is 7.38. The minimum atomic E-state index is -3.07. The predicted molar refractivity (Wildman–Crippen MR) is 91.5 cm³/mol. The molecule has 2 bridgehead atoms. The SMILES string of the molecule is Nc1ncc(-c2cc(N3CC4CC3CO4)nc(CC(F)F)n2)cc1OC(F)F. The van der Waals surface area contributed by atoms with Crippen LogP contribution in [0.1, 0.15) is 12.2 Å². The lowest BCUT2D eigenvalue weighted by Gasteiger charge is -2.28. The van der Waals surface area contributed by atoms with Gasteiger partial charge in [-0.3, -0.25) is 0 Å². The molecule has 2 aromatic rings. The molecule has 2 unspecified atom stereocenters. The molecule has 0 aromatic carbocycles. The second-order valence-electron chi connectivity index (χ2n) is 6.61. The van der Waals surface area contributed by atoms with Crippen molar-refractivity contribution in [2.45, 2.75) is 38.0 Å². The van der Waals surface area contributed by atoms with E-state index in [0.717, 1.165) is 6.42 Å². The van der Waals surface area contributed by atoms with Gasteiger partial charge in [-0.15, -0.1) is 0 Å². The van der Waals surface area contributed by atoms with E-state index in [1.807, 2.05) is 4.90 Å². The van der Waals surface area contributed by atoms with Crippen LogP contribution < -0.4 is 15.4 Å². The van der Waals surface area contributed by atoms with Crippen molar-refractivity contribution in [3.8, 4) is 17.0 Å². The Bertz CT molecular complexity index is 869. The summed E-state index contributed by atoms with van der Waals surface area (Å²) in [6, 6.07) is 3.00. The fraction of sp³-hybridized carbons (Fsp3) is 0.471. The topological polar surface area (TPSA) is 86.4 Å². The smallest absolute Gasteiger partial charge is 0.387 e. The number of morpholine rings is 1. The van der Waals surface area contributed by atoms with Crippen molar-refractivity contribution in [2.75, 3.05) is 23.8 Å². The standard InChI is InChI=1S/C17H17F4N5O2/c18-13(19)4-14-24-11(8-1-12(28-17(20)21)16(22)23-5-8)3-15(25-14)26-6-10-2-9(26)7-27-10/h1,3,5,9-10,13,17H,2,4,6-7H2,(H2,22,23). The summed E-state index contributed by atoms with van der Waals surface area (Å²) >= 11 is 0. The van der Waals surface area contributed by atoms with Crippen molar-refractivity contribution < 1.29 is 27.0 Å². The number of rotatable bonds is 6. The summed E-state index contributed by atoms with van der Waals surface area (Å²) in [7, 11) is 0. The van der Waals surface area contributed by atoms with Crippen LogP contribution in [-0.2, 0) is 11.2 Å². The maximum absolute atomic E-state index is 12.9. The normalized spacial score (nSPS) is 21.1. The van der Waals surface area contributed by atoms with Gasteiger partial charge in [0.15, 0.2) is 11.6 Å². The highest BCUT2D eigenvalue weighted by Gasteiger charge is 2.40. The molecule has 2 aromatic heterocycles. The van der Waals surface area contributed by atoms with Crippen molar-refractivity contribution >= 4 is 11.6 Å². The molecular weight excluding hydrogens is 382 g/mol. The number of fused-ring (bicyclic) bond motifs is 2. The highest BCUT2D eigenvalue weighted by molar-refractivity contribution is 5.66. The average Bonchev–Trinajstić information content (AvgIpc) is 3.26. The van der Waals surface area contributed by atoms with Crippen molar-refractivity contribution in [3.05, 3.63) is 24.2 Å². The minimum Gasteiger partial charge on any atom is -0.431 e. The minimum absolute atomic E-state index is 0.0423. The first-order chi connectivity index (χ1) is 13.4. The molecule has 7 nitrogen and oxygen atoms in total. The molecule has 0 amide bonds. The van der Waals surface area contributed by atoms with Gasteiger partial charge in [0.1, 0.15) is 11.6 Å². The number of aromatic nitrogens is 3. The third kappa shape index (κ3) is 3.79. The predicted octanol–water partition coefficient (Wildman–Crippen LogP) is 2.51. The molecule has 2 saturated heterocycles. The monoisotopic (exact) mass is 399 g/mol. The number of nitrogens with two attached hydrogens (primary N) is 1. The molecule has 2 aliphatic rings. The van der Waals surface area contributed by atoms with Gasteiger partial charge in [-0.25, -0.2) is 23.7 Å². The molecule has 2 aliphatic heterocycles. The molecular formula is C17H17F4N5O2. The van der Waals surface area contributed by atoms with Gasteiger partial charge >= 0.3 is 6.61 Å². The first-order valence-corrected chi connectivity index (χ1v) is 8.64. The molecule has 2 N–H and O–H groups in total. The van der Waals surface area contributed by atoms with E-state index in [-0.39, 0.29) is 35.2 Å².